The smallest absolute Gasteiger partial charge is 0.308 e. The molecule has 1 amide bonds. The van der Waals surface area contributed by atoms with Crippen molar-refractivity contribution in [2.24, 2.45) is 11.8 Å². The van der Waals surface area contributed by atoms with Crippen molar-refractivity contribution in [3.8, 4) is 11.5 Å². The highest BCUT2D eigenvalue weighted by molar-refractivity contribution is 5.78. The number of carboxylic acids is 1. The predicted octanol–water partition coefficient (Wildman–Crippen LogP) is 2.33. The third-order valence-corrected chi connectivity index (χ3v) is 3.16. The molecule has 0 spiro atoms. The molecule has 0 aromatic heterocycles. The Bertz CT molecular complexity index is 498. The summed E-state index contributed by atoms with van der Waals surface area (Å²) in [5.74, 6) is -0.263. The zero-order chi connectivity index (χ0) is 17.2. The average molecular weight is 323 g/mol. The van der Waals surface area contributed by atoms with Gasteiger partial charge in [0.1, 0.15) is 11.5 Å². The number of amides is 1. The van der Waals surface area contributed by atoms with E-state index in [2.05, 4.69) is 5.32 Å². The van der Waals surface area contributed by atoms with Crippen LogP contribution in [0.15, 0.2) is 24.3 Å². The molecule has 23 heavy (non-hydrogen) atoms. The standard InChI is InChI=1S/C17H25NO5/c1-4-22-14-5-7-15(8-6-14)23-11-16(19)18-10-13(17(20)21)9-12(2)3/h5-8,12-13H,4,9-11H2,1-3H3,(H,18,19)(H,20,21). The van der Waals surface area contributed by atoms with Gasteiger partial charge in [0.05, 0.1) is 12.5 Å². The molecule has 1 atom stereocenters. The minimum atomic E-state index is -0.897. The summed E-state index contributed by atoms with van der Waals surface area (Å²) in [6.07, 6.45) is 0.523. The quantitative estimate of drug-likeness (QED) is 0.690. The third-order valence-electron chi connectivity index (χ3n) is 3.16. The SMILES string of the molecule is CCOc1ccc(OCC(=O)NCC(CC(C)C)C(=O)O)cc1. The molecule has 1 aromatic rings. The highest BCUT2D eigenvalue weighted by atomic mass is 16.5. The molecule has 6 heteroatoms. The molecule has 1 rings (SSSR count). The van der Waals surface area contributed by atoms with E-state index in [1.54, 1.807) is 24.3 Å². The van der Waals surface area contributed by atoms with Crippen molar-refractivity contribution in [1.29, 1.82) is 0 Å². The maximum Gasteiger partial charge on any atom is 0.308 e. The molecule has 0 aliphatic heterocycles. The van der Waals surface area contributed by atoms with E-state index in [1.165, 1.54) is 0 Å². The second-order valence-corrected chi connectivity index (χ2v) is 5.66. The van der Waals surface area contributed by atoms with Crippen molar-refractivity contribution in [3.05, 3.63) is 24.3 Å². The van der Waals surface area contributed by atoms with Crippen LogP contribution in [0.2, 0.25) is 0 Å². The van der Waals surface area contributed by atoms with Crippen molar-refractivity contribution in [2.45, 2.75) is 27.2 Å². The molecule has 0 heterocycles. The lowest BCUT2D eigenvalue weighted by atomic mass is 9.97. The third kappa shape index (κ3) is 7.54. The number of carbonyl (C=O) groups is 2. The van der Waals surface area contributed by atoms with Gasteiger partial charge in [-0.3, -0.25) is 9.59 Å². The van der Waals surface area contributed by atoms with Crippen LogP contribution in [-0.2, 0) is 9.59 Å². The summed E-state index contributed by atoms with van der Waals surface area (Å²) in [5, 5.41) is 11.7. The Morgan fingerprint density at radius 3 is 2.17 bits per heavy atom. The minimum Gasteiger partial charge on any atom is -0.494 e. The van der Waals surface area contributed by atoms with E-state index in [4.69, 9.17) is 14.6 Å². The van der Waals surface area contributed by atoms with E-state index in [9.17, 15) is 9.59 Å². The van der Waals surface area contributed by atoms with E-state index in [1.807, 2.05) is 20.8 Å². The number of carbonyl (C=O) groups excluding carboxylic acids is 1. The van der Waals surface area contributed by atoms with Gasteiger partial charge in [-0.05, 0) is 43.5 Å². The summed E-state index contributed by atoms with van der Waals surface area (Å²) >= 11 is 0. The van der Waals surface area contributed by atoms with Gasteiger partial charge in [0.25, 0.3) is 5.91 Å². The fraction of sp³-hybridized carbons (Fsp3) is 0.529. The number of carboxylic acid groups (broad SMARTS) is 1. The number of benzene rings is 1. The van der Waals surface area contributed by atoms with Crippen LogP contribution in [-0.4, -0.2) is 36.7 Å². The fourth-order valence-electron chi connectivity index (χ4n) is 2.08. The first-order chi connectivity index (χ1) is 10.9. The molecule has 0 radical (unpaired) electrons. The normalized spacial score (nSPS) is 11.8. The first kappa shape index (κ1) is 18.8. The van der Waals surface area contributed by atoms with Crippen LogP contribution in [0, 0.1) is 11.8 Å². The van der Waals surface area contributed by atoms with Gasteiger partial charge in [-0.1, -0.05) is 13.8 Å². The molecule has 0 aliphatic rings. The van der Waals surface area contributed by atoms with Crippen molar-refractivity contribution in [3.63, 3.8) is 0 Å². The predicted molar refractivity (Wildman–Crippen MR) is 86.7 cm³/mol. The fourth-order valence-corrected chi connectivity index (χ4v) is 2.08. The molecular weight excluding hydrogens is 298 g/mol. The zero-order valence-electron chi connectivity index (χ0n) is 13.9. The molecule has 128 valence electrons. The maximum atomic E-state index is 11.7. The summed E-state index contributed by atoms with van der Waals surface area (Å²) in [5.41, 5.74) is 0. The Labute approximate surface area is 136 Å². The van der Waals surface area contributed by atoms with E-state index in [-0.39, 0.29) is 25.0 Å². The van der Waals surface area contributed by atoms with E-state index >= 15 is 0 Å². The Morgan fingerprint density at radius 1 is 1.13 bits per heavy atom. The van der Waals surface area contributed by atoms with Crippen LogP contribution >= 0.6 is 0 Å². The second-order valence-electron chi connectivity index (χ2n) is 5.66. The Kier molecular flexibility index (Phi) is 7.94. The summed E-state index contributed by atoms with van der Waals surface area (Å²) < 4.78 is 10.7. The van der Waals surface area contributed by atoms with Crippen LogP contribution in [0.5, 0.6) is 11.5 Å². The average Bonchev–Trinajstić information content (AvgIpc) is 2.50. The first-order valence-electron chi connectivity index (χ1n) is 7.77. The number of rotatable bonds is 10. The zero-order valence-corrected chi connectivity index (χ0v) is 13.9. The molecular formula is C17H25NO5. The molecule has 0 bridgehead atoms. The summed E-state index contributed by atoms with van der Waals surface area (Å²) in [4.78, 5) is 22.9. The van der Waals surface area contributed by atoms with Crippen LogP contribution < -0.4 is 14.8 Å². The van der Waals surface area contributed by atoms with Gasteiger partial charge in [0.2, 0.25) is 0 Å². The number of nitrogens with one attached hydrogen (secondary N) is 1. The van der Waals surface area contributed by atoms with Crippen molar-refractivity contribution in [2.75, 3.05) is 19.8 Å². The molecule has 2 N–H and O–H groups in total. The largest absolute Gasteiger partial charge is 0.494 e. The molecule has 1 unspecified atom stereocenters. The molecule has 0 saturated heterocycles. The monoisotopic (exact) mass is 323 g/mol. The molecule has 0 fully saturated rings. The first-order valence-corrected chi connectivity index (χ1v) is 7.77. The van der Waals surface area contributed by atoms with Crippen LogP contribution in [0.1, 0.15) is 27.2 Å². The Balaban J connectivity index is 2.37. The van der Waals surface area contributed by atoms with Gasteiger partial charge >= 0.3 is 5.97 Å². The van der Waals surface area contributed by atoms with Gasteiger partial charge in [-0.15, -0.1) is 0 Å². The highest BCUT2D eigenvalue weighted by Crippen LogP contribution is 2.17. The van der Waals surface area contributed by atoms with Crippen LogP contribution in [0.25, 0.3) is 0 Å². The van der Waals surface area contributed by atoms with Gasteiger partial charge in [0.15, 0.2) is 6.61 Å². The van der Waals surface area contributed by atoms with Crippen molar-refractivity contribution in [1.82, 2.24) is 5.32 Å². The topological polar surface area (TPSA) is 84.9 Å². The van der Waals surface area contributed by atoms with Crippen molar-refractivity contribution < 1.29 is 24.2 Å². The molecule has 0 aliphatic carbocycles. The summed E-state index contributed by atoms with van der Waals surface area (Å²) in [7, 11) is 0. The van der Waals surface area contributed by atoms with Crippen molar-refractivity contribution >= 4 is 11.9 Å². The lowest BCUT2D eigenvalue weighted by Gasteiger charge is -2.15. The van der Waals surface area contributed by atoms with E-state index in [0.29, 0.717) is 18.8 Å². The Hall–Kier alpha value is -2.24. The number of hydrogen-bond acceptors (Lipinski definition) is 4. The molecule has 1 aromatic carbocycles. The lowest BCUT2D eigenvalue weighted by Crippen LogP contribution is -2.36. The number of ether oxygens (including phenoxy) is 2. The second kappa shape index (κ2) is 9.71. The van der Waals surface area contributed by atoms with Gasteiger partial charge in [-0.25, -0.2) is 0 Å². The van der Waals surface area contributed by atoms with Gasteiger partial charge in [-0.2, -0.15) is 0 Å². The molecule has 0 saturated carbocycles. The number of aliphatic carboxylic acids is 1. The summed E-state index contributed by atoms with van der Waals surface area (Å²) in [6, 6.07) is 6.97. The Morgan fingerprint density at radius 2 is 1.70 bits per heavy atom. The van der Waals surface area contributed by atoms with Crippen LogP contribution in [0.3, 0.4) is 0 Å². The molecule has 6 nitrogen and oxygen atoms in total. The maximum absolute atomic E-state index is 11.7. The van der Waals surface area contributed by atoms with Gasteiger partial charge in [0, 0.05) is 6.54 Å². The van der Waals surface area contributed by atoms with Gasteiger partial charge < -0.3 is 19.9 Å². The highest BCUT2D eigenvalue weighted by Gasteiger charge is 2.19. The van der Waals surface area contributed by atoms with E-state index < -0.39 is 11.9 Å². The number of hydrogen-bond donors (Lipinski definition) is 2. The van der Waals surface area contributed by atoms with E-state index in [0.717, 1.165) is 5.75 Å². The lowest BCUT2D eigenvalue weighted by molar-refractivity contribution is -0.142. The van der Waals surface area contributed by atoms with Crippen LogP contribution in [0.4, 0.5) is 0 Å². The minimum absolute atomic E-state index is 0.110. The summed E-state index contributed by atoms with van der Waals surface area (Å²) in [6.45, 7) is 6.35.